The van der Waals surface area contributed by atoms with Crippen molar-refractivity contribution in [3.8, 4) is 0 Å². The van der Waals surface area contributed by atoms with E-state index in [0.717, 1.165) is 11.8 Å². The van der Waals surface area contributed by atoms with Gasteiger partial charge in [0.2, 0.25) is 0 Å². The predicted molar refractivity (Wildman–Crippen MR) is 278 cm³/mol. The summed E-state index contributed by atoms with van der Waals surface area (Å²) >= 11 is 0. The average molecular weight is 869 g/mol. The van der Waals surface area contributed by atoms with Crippen LogP contribution < -0.4 is 0 Å². The minimum Gasteiger partial charge on any atom is -0.0578 e. The fraction of sp³-hybridized carbons (Fsp3) is 0.631. The molecule has 4 aromatic rings. The van der Waals surface area contributed by atoms with Crippen LogP contribution in [0.4, 0.5) is 0 Å². The van der Waals surface area contributed by atoms with Gasteiger partial charge in [-0.05, 0) is 181 Å². The Morgan fingerprint density at radius 2 is 0.462 bits per heavy atom. The highest BCUT2D eigenvalue weighted by Gasteiger charge is 2.37. The van der Waals surface area contributed by atoms with Crippen LogP contribution in [-0.2, 0) is 10.8 Å². The summed E-state index contributed by atoms with van der Waals surface area (Å²) in [4.78, 5) is 0. The summed E-state index contributed by atoms with van der Waals surface area (Å²) in [6, 6.07) is 34.9. The molecule has 0 radical (unpaired) electrons. The van der Waals surface area contributed by atoms with Crippen molar-refractivity contribution in [2.24, 2.45) is 0 Å². The average Bonchev–Trinajstić information content (AvgIpc) is 3.39. The molecule has 0 heterocycles. The molecule has 0 nitrogen and oxygen atoms in total. The van der Waals surface area contributed by atoms with Crippen LogP contribution in [0, 0.1) is 0 Å². The Labute approximate surface area is 398 Å². The van der Waals surface area contributed by atoms with E-state index in [1.54, 1.807) is 50.1 Å². The van der Waals surface area contributed by atoms with Gasteiger partial charge in [0.1, 0.15) is 0 Å². The highest BCUT2D eigenvalue weighted by atomic mass is 14.4. The Bertz CT molecular complexity index is 1950. The first-order chi connectivity index (χ1) is 31.8. The van der Waals surface area contributed by atoms with E-state index in [2.05, 4.69) is 99.6 Å². The summed E-state index contributed by atoms with van der Waals surface area (Å²) in [5, 5.41) is 0. The van der Waals surface area contributed by atoms with Crippen molar-refractivity contribution >= 4 is 0 Å². The smallest absolute Gasteiger partial charge is 0.0423 e. The lowest BCUT2D eigenvalue weighted by molar-refractivity contribution is 0.433. The number of rotatable bonds is 11. The van der Waals surface area contributed by atoms with Gasteiger partial charge in [0, 0.05) is 10.8 Å². The van der Waals surface area contributed by atoms with E-state index >= 15 is 0 Å². The maximum absolute atomic E-state index is 2.76. The molecule has 10 rings (SSSR count). The topological polar surface area (TPSA) is 0 Å². The van der Waals surface area contributed by atoms with Gasteiger partial charge in [-0.3, -0.25) is 0 Å². The molecule has 6 saturated carbocycles. The normalized spacial score (nSPS) is 22.3. The Morgan fingerprint density at radius 1 is 0.246 bits per heavy atom. The Balaban J connectivity index is 1.11. The number of benzene rings is 4. The Hall–Kier alpha value is -3.12. The molecule has 6 fully saturated rings. The molecule has 0 N–H and O–H groups in total. The number of hydrogen-bond acceptors (Lipinski definition) is 0. The zero-order valence-electron chi connectivity index (χ0n) is 41.7. The van der Waals surface area contributed by atoms with Crippen LogP contribution >= 0.6 is 0 Å². The second kappa shape index (κ2) is 20.6. The van der Waals surface area contributed by atoms with E-state index in [1.165, 1.54) is 204 Å². The molecule has 0 spiro atoms. The first-order valence-electron chi connectivity index (χ1n) is 28.4. The van der Waals surface area contributed by atoms with Gasteiger partial charge in [0.15, 0.2) is 0 Å². The van der Waals surface area contributed by atoms with Crippen LogP contribution in [0.25, 0.3) is 0 Å². The lowest BCUT2D eigenvalue weighted by atomic mass is 9.66. The molecular formula is C65H88. The van der Waals surface area contributed by atoms with Crippen LogP contribution in [0.5, 0.6) is 0 Å². The zero-order chi connectivity index (χ0) is 44.2. The van der Waals surface area contributed by atoms with E-state index in [-0.39, 0.29) is 10.8 Å². The van der Waals surface area contributed by atoms with Crippen molar-refractivity contribution in [2.75, 3.05) is 0 Å². The van der Waals surface area contributed by atoms with E-state index in [1.807, 2.05) is 0 Å². The summed E-state index contributed by atoms with van der Waals surface area (Å²) in [6.45, 7) is 7.76. The SMILES string of the molecule is CC(C)(c1ccc(C(C)(c2cc(C3CCCCC3)cc(C3CCCCC3)c2)c2cc(C3CCCCC3)cc(C3CCCCC3)c2)cc1)c1cc(C2CCCCC2)cc(C2CCCCC2)c1. The lowest BCUT2D eigenvalue weighted by Crippen LogP contribution is -2.28. The molecule has 65 heavy (non-hydrogen) atoms. The molecular weight excluding hydrogens is 781 g/mol. The van der Waals surface area contributed by atoms with Crippen molar-refractivity contribution in [2.45, 2.75) is 260 Å². The fourth-order valence-corrected chi connectivity index (χ4v) is 14.9. The van der Waals surface area contributed by atoms with Crippen LogP contribution in [0.2, 0.25) is 0 Å². The van der Waals surface area contributed by atoms with Crippen LogP contribution in [0.15, 0.2) is 78.9 Å². The zero-order valence-corrected chi connectivity index (χ0v) is 41.7. The molecule has 0 heteroatoms. The summed E-state index contributed by atoms with van der Waals surface area (Å²) in [6.07, 6.45) is 41.6. The van der Waals surface area contributed by atoms with E-state index < -0.39 is 0 Å². The standard InChI is InChI=1S/C65H88/c1-64(2,61-41-53(47-22-10-4-11-23-47)38-54(42-61)48-24-12-5-13-25-48)59-34-36-60(37-35-59)65(3,62-43-55(49-26-14-6-15-27-49)39-56(44-62)50-28-16-7-17-29-50)63-45-57(51-30-18-8-19-31-51)40-58(46-63)52-32-20-9-21-33-52/h34-52H,4-33H2,1-3H3. The minimum atomic E-state index is -0.250. The van der Waals surface area contributed by atoms with Crippen molar-refractivity contribution in [3.63, 3.8) is 0 Å². The van der Waals surface area contributed by atoms with Gasteiger partial charge in [-0.25, -0.2) is 0 Å². The van der Waals surface area contributed by atoms with Gasteiger partial charge in [-0.15, -0.1) is 0 Å². The highest BCUT2D eigenvalue weighted by molar-refractivity contribution is 5.56. The third kappa shape index (κ3) is 10.1. The van der Waals surface area contributed by atoms with Gasteiger partial charge in [-0.1, -0.05) is 208 Å². The van der Waals surface area contributed by atoms with E-state index in [4.69, 9.17) is 0 Å². The molecule has 0 atom stereocenters. The maximum atomic E-state index is 2.76. The summed E-state index contributed by atoms with van der Waals surface area (Å²) < 4.78 is 0. The molecule has 348 valence electrons. The fourth-order valence-electron chi connectivity index (χ4n) is 14.9. The molecule has 0 aromatic heterocycles. The predicted octanol–water partition coefficient (Wildman–Crippen LogP) is 19.7. The van der Waals surface area contributed by atoms with Crippen molar-refractivity contribution in [1.29, 1.82) is 0 Å². The first kappa shape index (κ1) is 45.7. The summed E-state index contributed by atoms with van der Waals surface area (Å²) in [5.41, 5.74) is 17.3. The summed E-state index contributed by atoms with van der Waals surface area (Å²) in [5.74, 6) is 4.27. The largest absolute Gasteiger partial charge is 0.0578 e. The van der Waals surface area contributed by atoms with Gasteiger partial charge >= 0.3 is 0 Å². The van der Waals surface area contributed by atoms with Crippen molar-refractivity contribution < 1.29 is 0 Å². The molecule has 6 aliphatic rings. The highest BCUT2D eigenvalue weighted by Crippen LogP contribution is 2.49. The molecule has 0 saturated heterocycles. The Morgan fingerprint density at radius 3 is 0.708 bits per heavy atom. The van der Waals surface area contributed by atoms with Crippen LogP contribution in [0.3, 0.4) is 0 Å². The third-order valence-electron chi connectivity index (χ3n) is 19.5. The lowest BCUT2D eigenvalue weighted by Gasteiger charge is -2.37. The van der Waals surface area contributed by atoms with Crippen LogP contribution in [-0.4, -0.2) is 0 Å². The third-order valence-corrected chi connectivity index (χ3v) is 19.5. The van der Waals surface area contributed by atoms with Gasteiger partial charge < -0.3 is 0 Å². The monoisotopic (exact) mass is 869 g/mol. The van der Waals surface area contributed by atoms with Crippen molar-refractivity contribution in [1.82, 2.24) is 0 Å². The number of hydrogen-bond donors (Lipinski definition) is 0. The molecule has 0 amide bonds. The molecule has 0 aliphatic heterocycles. The van der Waals surface area contributed by atoms with Gasteiger partial charge in [0.25, 0.3) is 0 Å². The van der Waals surface area contributed by atoms with Crippen molar-refractivity contribution in [3.05, 3.63) is 140 Å². The second-order valence-corrected chi connectivity index (χ2v) is 24.0. The first-order valence-corrected chi connectivity index (χ1v) is 28.4. The molecule has 6 aliphatic carbocycles. The second-order valence-electron chi connectivity index (χ2n) is 24.0. The van der Waals surface area contributed by atoms with Gasteiger partial charge in [0.05, 0.1) is 0 Å². The molecule has 4 aromatic carbocycles. The van der Waals surface area contributed by atoms with E-state index in [0.29, 0.717) is 23.7 Å². The maximum Gasteiger partial charge on any atom is 0.0423 e. The van der Waals surface area contributed by atoms with Crippen LogP contribution in [0.1, 0.15) is 310 Å². The minimum absolute atomic E-state index is 0.0763. The molecule has 0 bridgehead atoms. The molecule has 0 unspecified atom stereocenters. The van der Waals surface area contributed by atoms with Gasteiger partial charge in [-0.2, -0.15) is 0 Å². The Kier molecular flexibility index (Phi) is 14.5. The quantitative estimate of drug-likeness (QED) is 0.132. The summed E-state index contributed by atoms with van der Waals surface area (Å²) in [7, 11) is 0. The van der Waals surface area contributed by atoms with E-state index in [9.17, 15) is 0 Å².